The molecular formula is C18H22N2O6. The fourth-order valence-electron chi connectivity index (χ4n) is 3.13. The molecule has 2 unspecified atom stereocenters. The summed E-state index contributed by atoms with van der Waals surface area (Å²) in [5.74, 6) is -0.427. The largest absolute Gasteiger partial charge is 0.458 e. The van der Waals surface area contributed by atoms with Crippen LogP contribution < -0.4 is 0 Å². The average Bonchev–Trinajstić information content (AvgIpc) is 2.61. The lowest BCUT2D eigenvalue weighted by atomic mass is 9.93. The second kappa shape index (κ2) is 9.07. The summed E-state index contributed by atoms with van der Waals surface area (Å²) in [6, 6.07) is -0.753. The lowest BCUT2D eigenvalue weighted by Crippen LogP contribution is -2.23. The maximum Gasteiger partial charge on any atom is 0.303 e. The molecular weight excluding hydrogens is 340 g/mol. The highest BCUT2D eigenvalue weighted by molar-refractivity contribution is 5.66. The number of hydrogen-bond donors (Lipinski definition) is 0. The number of carbonyl (C=O) groups excluding carboxylic acids is 1. The lowest BCUT2D eigenvalue weighted by Gasteiger charge is -2.21. The number of allylic oxidation sites excluding steroid dienone is 3. The van der Waals surface area contributed by atoms with Crippen LogP contribution in [-0.4, -0.2) is 28.0 Å². The molecule has 2 aliphatic rings. The van der Waals surface area contributed by atoms with E-state index in [0.717, 1.165) is 12.0 Å². The first-order valence-corrected chi connectivity index (χ1v) is 8.61. The molecule has 0 radical (unpaired) electrons. The van der Waals surface area contributed by atoms with E-state index in [0.29, 0.717) is 31.3 Å². The standard InChI is InChI=1S/C18H22N2O6/c1-13(21)26-18(15-9-11-16(12-10-15)19(22)23)8-4-6-14-5-2-3-7-17(14)20(24)25/h5,7,9-11,16,18H,2-4,6,8,12H2,1H3. The first-order chi connectivity index (χ1) is 12.4. The molecule has 0 fully saturated rings. The van der Waals surface area contributed by atoms with Crippen molar-refractivity contribution in [3.63, 3.8) is 0 Å². The fraction of sp³-hybridized carbons (Fsp3) is 0.500. The average molecular weight is 362 g/mol. The molecule has 8 heteroatoms. The SMILES string of the molecule is CC(=O)OC(CCCC1=CCCC=C1[N+](=O)[O-])C1=CCC([N+](=O)[O-])C=C1. The van der Waals surface area contributed by atoms with Crippen LogP contribution in [0.3, 0.4) is 0 Å². The van der Waals surface area contributed by atoms with Crippen molar-refractivity contribution in [1.82, 2.24) is 0 Å². The number of nitro groups is 2. The third kappa shape index (κ3) is 5.37. The Balaban J connectivity index is 1.97. The van der Waals surface area contributed by atoms with Gasteiger partial charge in [0.05, 0.1) is 4.92 Å². The molecule has 140 valence electrons. The van der Waals surface area contributed by atoms with Crippen molar-refractivity contribution in [3.05, 3.63) is 67.5 Å². The number of esters is 1. The van der Waals surface area contributed by atoms with Gasteiger partial charge in [-0.2, -0.15) is 0 Å². The molecule has 0 aromatic heterocycles. The second-order valence-corrected chi connectivity index (χ2v) is 6.30. The van der Waals surface area contributed by atoms with Crippen molar-refractivity contribution >= 4 is 5.97 Å². The van der Waals surface area contributed by atoms with Crippen LogP contribution in [0.4, 0.5) is 0 Å². The second-order valence-electron chi connectivity index (χ2n) is 6.30. The van der Waals surface area contributed by atoms with E-state index in [9.17, 15) is 25.0 Å². The van der Waals surface area contributed by atoms with Crippen LogP contribution >= 0.6 is 0 Å². The van der Waals surface area contributed by atoms with Crippen LogP contribution in [0.5, 0.6) is 0 Å². The molecule has 0 spiro atoms. The van der Waals surface area contributed by atoms with E-state index in [4.69, 9.17) is 4.74 Å². The number of carbonyl (C=O) groups is 1. The number of nitrogens with zero attached hydrogens (tertiary/aromatic N) is 2. The van der Waals surface area contributed by atoms with Gasteiger partial charge in [0.15, 0.2) is 0 Å². The highest BCUT2D eigenvalue weighted by Crippen LogP contribution is 2.27. The highest BCUT2D eigenvalue weighted by atomic mass is 16.6. The number of hydrogen-bond acceptors (Lipinski definition) is 6. The summed E-state index contributed by atoms with van der Waals surface area (Å²) in [6.45, 7) is 1.32. The molecule has 0 N–H and O–H groups in total. The zero-order valence-corrected chi connectivity index (χ0v) is 14.6. The van der Waals surface area contributed by atoms with Crippen LogP contribution in [-0.2, 0) is 9.53 Å². The predicted molar refractivity (Wildman–Crippen MR) is 94.4 cm³/mol. The van der Waals surface area contributed by atoms with Gasteiger partial charge in [0.1, 0.15) is 6.10 Å². The van der Waals surface area contributed by atoms with Gasteiger partial charge in [-0.1, -0.05) is 18.2 Å². The Hall–Kier alpha value is -2.77. The first-order valence-electron chi connectivity index (χ1n) is 8.61. The van der Waals surface area contributed by atoms with Crippen molar-refractivity contribution in [2.45, 2.75) is 57.6 Å². The lowest BCUT2D eigenvalue weighted by molar-refractivity contribution is -0.508. The molecule has 0 saturated carbocycles. The zero-order chi connectivity index (χ0) is 19.1. The molecule has 0 aliphatic heterocycles. The van der Waals surface area contributed by atoms with Gasteiger partial charge in [0.25, 0.3) is 5.70 Å². The molecule has 2 rings (SSSR count). The van der Waals surface area contributed by atoms with E-state index in [1.807, 2.05) is 6.08 Å². The summed E-state index contributed by atoms with van der Waals surface area (Å²) in [5, 5.41) is 21.9. The summed E-state index contributed by atoms with van der Waals surface area (Å²) in [4.78, 5) is 32.6. The molecule has 8 nitrogen and oxygen atoms in total. The van der Waals surface area contributed by atoms with E-state index in [-0.39, 0.29) is 22.0 Å². The van der Waals surface area contributed by atoms with Crippen molar-refractivity contribution in [2.24, 2.45) is 0 Å². The van der Waals surface area contributed by atoms with E-state index in [2.05, 4.69) is 0 Å². The Kier molecular flexibility index (Phi) is 6.82. The predicted octanol–water partition coefficient (Wildman–Crippen LogP) is 3.50. The van der Waals surface area contributed by atoms with E-state index >= 15 is 0 Å². The first kappa shape index (κ1) is 19.6. The molecule has 0 aromatic rings. The maximum absolute atomic E-state index is 11.4. The Bertz CT molecular complexity index is 704. The number of rotatable bonds is 8. The minimum absolute atomic E-state index is 0.158. The third-order valence-electron chi connectivity index (χ3n) is 4.39. The normalized spacial score (nSPS) is 20.5. The molecule has 0 bridgehead atoms. The summed E-state index contributed by atoms with van der Waals surface area (Å²) in [7, 11) is 0. The molecule has 26 heavy (non-hydrogen) atoms. The van der Waals surface area contributed by atoms with Gasteiger partial charge in [-0.05, 0) is 49.8 Å². The van der Waals surface area contributed by atoms with Gasteiger partial charge in [0.2, 0.25) is 6.04 Å². The molecule has 2 atom stereocenters. The van der Waals surface area contributed by atoms with Crippen LogP contribution in [0.15, 0.2) is 47.2 Å². The maximum atomic E-state index is 11.4. The van der Waals surface area contributed by atoms with E-state index < -0.39 is 18.1 Å². The Labute approximate surface area is 151 Å². The smallest absolute Gasteiger partial charge is 0.303 e. The van der Waals surface area contributed by atoms with Crippen LogP contribution in [0.25, 0.3) is 0 Å². The van der Waals surface area contributed by atoms with Crippen molar-refractivity contribution in [2.75, 3.05) is 0 Å². The van der Waals surface area contributed by atoms with Crippen molar-refractivity contribution in [3.8, 4) is 0 Å². The molecule has 2 aliphatic carbocycles. The molecule has 0 heterocycles. The molecule has 0 amide bonds. The Morgan fingerprint density at radius 2 is 2.00 bits per heavy atom. The van der Waals surface area contributed by atoms with Crippen LogP contribution in [0.1, 0.15) is 45.4 Å². The zero-order valence-electron chi connectivity index (χ0n) is 14.6. The van der Waals surface area contributed by atoms with Crippen molar-refractivity contribution in [1.29, 1.82) is 0 Å². The van der Waals surface area contributed by atoms with E-state index in [1.54, 1.807) is 18.2 Å². The highest BCUT2D eigenvalue weighted by Gasteiger charge is 2.24. The fourth-order valence-corrected chi connectivity index (χ4v) is 3.13. The minimum atomic E-state index is -0.753. The van der Waals surface area contributed by atoms with Gasteiger partial charge in [-0.15, -0.1) is 0 Å². The van der Waals surface area contributed by atoms with Gasteiger partial charge in [0, 0.05) is 23.8 Å². The van der Waals surface area contributed by atoms with Gasteiger partial charge in [-0.25, -0.2) is 0 Å². The van der Waals surface area contributed by atoms with Gasteiger partial charge >= 0.3 is 5.97 Å². The topological polar surface area (TPSA) is 113 Å². The van der Waals surface area contributed by atoms with Crippen LogP contribution in [0.2, 0.25) is 0 Å². The third-order valence-corrected chi connectivity index (χ3v) is 4.39. The molecule has 0 saturated heterocycles. The number of ether oxygens (including phenoxy) is 1. The van der Waals surface area contributed by atoms with Gasteiger partial charge in [-0.3, -0.25) is 25.0 Å². The summed E-state index contributed by atoms with van der Waals surface area (Å²) < 4.78 is 5.35. The minimum Gasteiger partial charge on any atom is -0.458 e. The van der Waals surface area contributed by atoms with Crippen molar-refractivity contribution < 1.29 is 19.4 Å². The van der Waals surface area contributed by atoms with Crippen LogP contribution in [0, 0.1) is 20.2 Å². The summed E-state index contributed by atoms with van der Waals surface area (Å²) in [6.07, 6.45) is 11.3. The Morgan fingerprint density at radius 3 is 2.58 bits per heavy atom. The summed E-state index contributed by atoms with van der Waals surface area (Å²) >= 11 is 0. The monoisotopic (exact) mass is 362 g/mol. The van der Waals surface area contributed by atoms with Gasteiger partial charge < -0.3 is 4.74 Å². The quantitative estimate of drug-likeness (QED) is 0.371. The van der Waals surface area contributed by atoms with E-state index in [1.165, 1.54) is 13.0 Å². The summed E-state index contributed by atoms with van der Waals surface area (Å²) in [5.41, 5.74) is 1.61. The molecule has 0 aromatic carbocycles. The Morgan fingerprint density at radius 1 is 1.27 bits per heavy atom.